The minimum Gasteiger partial charge on any atom is -0.393 e. The topological polar surface area (TPSA) is 40.5 Å². The van der Waals surface area contributed by atoms with E-state index in [1.54, 1.807) is 17.8 Å². The highest BCUT2D eigenvalue weighted by atomic mass is 35.5. The number of amides is 1. The monoisotopic (exact) mass is 311 g/mol. The maximum absolute atomic E-state index is 12.8. The minimum atomic E-state index is -0.260. The van der Waals surface area contributed by atoms with Crippen molar-refractivity contribution in [3.63, 3.8) is 0 Å². The molecule has 5 heteroatoms. The summed E-state index contributed by atoms with van der Waals surface area (Å²) in [6, 6.07) is 5.94. The van der Waals surface area contributed by atoms with Gasteiger partial charge in [-0.15, -0.1) is 11.8 Å². The molecule has 1 amide bonds. The molecule has 20 heavy (non-hydrogen) atoms. The van der Waals surface area contributed by atoms with Crippen LogP contribution in [0.2, 0.25) is 5.02 Å². The molecule has 0 aliphatic carbocycles. The number of carbonyl (C=O) groups is 1. The number of hydrogen-bond donors (Lipinski definition) is 1. The molecule has 108 valence electrons. The van der Waals surface area contributed by atoms with Crippen LogP contribution in [0, 0.1) is 0 Å². The summed E-state index contributed by atoms with van der Waals surface area (Å²) >= 11 is 7.81. The Balaban J connectivity index is 1.90. The molecule has 1 aromatic rings. The maximum Gasteiger partial charge on any atom is 0.255 e. The second kappa shape index (κ2) is 5.58. The van der Waals surface area contributed by atoms with Crippen molar-refractivity contribution in [2.45, 2.75) is 48.8 Å². The van der Waals surface area contributed by atoms with Crippen LogP contribution >= 0.6 is 23.4 Å². The first-order valence-electron chi connectivity index (χ1n) is 6.94. The minimum absolute atomic E-state index is 0.0188. The molecule has 3 nitrogen and oxygen atoms in total. The van der Waals surface area contributed by atoms with Gasteiger partial charge in [0.25, 0.3) is 5.91 Å². The average molecular weight is 312 g/mol. The lowest BCUT2D eigenvalue weighted by atomic mass is 9.98. The maximum atomic E-state index is 12.8. The van der Waals surface area contributed by atoms with Gasteiger partial charge in [-0.2, -0.15) is 0 Å². The number of hydrogen-bond acceptors (Lipinski definition) is 3. The molecular formula is C15H18ClNO2S. The predicted molar refractivity (Wildman–Crippen MR) is 81.5 cm³/mol. The lowest BCUT2D eigenvalue weighted by molar-refractivity contribution is 0.0287. The van der Waals surface area contributed by atoms with Crippen LogP contribution in [0.1, 0.15) is 36.0 Å². The van der Waals surface area contributed by atoms with Crippen LogP contribution in [0.15, 0.2) is 23.1 Å². The van der Waals surface area contributed by atoms with E-state index < -0.39 is 0 Å². The van der Waals surface area contributed by atoms with Crippen molar-refractivity contribution in [3.05, 3.63) is 28.8 Å². The normalized spacial score (nSPS) is 28.8. The average Bonchev–Trinajstić information content (AvgIpc) is 2.71. The fourth-order valence-corrected chi connectivity index (χ4v) is 4.05. The summed E-state index contributed by atoms with van der Waals surface area (Å²) in [6.45, 7) is 0. The van der Waals surface area contributed by atoms with Crippen LogP contribution in [0.4, 0.5) is 0 Å². The van der Waals surface area contributed by atoms with Crippen LogP contribution in [0.3, 0.4) is 0 Å². The van der Waals surface area contributed by atoms with Gasteiger partial charge in [0.15, 0.2) is 0 Å². The second-order valence-electron chi connectivity index (χ2n) is 5.57. The highest BCUT2D eigenvalue weighted by Crippen LogP contribution is 2.37. The first-order chi connectivity index (χ1) is 9.60. The first kappa shape index (κ1) is 14.2. The van der Waals surface area contributed by atoms with Gasteiger partial charge in [0, 0.05) is 17.0 Å². The lowest BCUT2D eigenvalue weighted by Gasteiger charge is -2.37. The number of piperidine rings is 1. The fraction of sp³-hybridized carbons (Fsp3) is 0.533. The van der Waals surface area contributed by atoms with Crippen molar-refractivity contribution in [1.82, 2.24) is 4.90 Å². The van der Waals surface area contributed by atoms with Gasteiger partial charge in [0.05, 0.1) is 16.7 Å². The Bertz CT molecular complexity index is 523. The molecule has 1 aromatic carbocycles. The van der Waals surface area contributed by atoms with Gasteiger partial charge in [0.1, 0.15) is 0 Å². The van der Waals surface area contributed by atoms with E-state index in [0.717, 1.165) is 17.7 Å². The molecule has 2 saturated heterocycles. The Morgan fingerprint density at radius 3 is 2.60 bits per heavy atom. The van der Waals surface area contributed by atoms with Crippen molar-refractivity contribution in [3.8, 4) is 0 Å². The fourth-order valence-electron chi connectivity index (χ4n) is 3.41. The van der Waals surface area contributed by atoms with E-state index in [4.69, 9.17) is 11.6 Å². The number of aliphatic hydroxyl groups excluding tert-OH is 1. The summed E-state index contributed by atoms with van der Waals surface area (Å²) < 4.78 is 0. The summed E-state index contributed by atoms with van der Waals surface area (Å²) in [5, 5.41) is 10.3. The molecule has 0 aromatic heterocycles. The molecule has 2 aliphatic rings. The van der Waals surface area contributed by atoms with E-state index in [1.165, 1.54) is 0 Å². The summed E-state index contributed by atoms with van der Waals surface area (Å²) in [4.78, 5) is 15.8. The van der Waals surface area contributed by atoms with E-state index in [2.05, 4.69) is 0 Å². The Morgan fingerprint density at radius 1 is 1.35 bits per heavy atom. The zero-order valence-corrected chi connectivity index (χ0v) is 13.0. The number of benzene rings is 1. The van der Waals surface area contributed by atoms with Gasteiger partial charge >= 0.3 is 0 Å². The van der Waals surface area contributed by atoms with Crippen molar-refractivity contribution in [1.29, 1.82) is 0 Å². The molecule has 2 bridgehead atoms. The van der Waals surface area contributed by atoms with Crippen LogP contribution in [-0.4, -0.2) is 40.4 Å². The van der Waals surface area contributed by atoms with E-state index in [1.807, 2.05) is 23.3 Å². The van der Waals surface area contributed by atoms with E-state index in [0.29, 0.717) is 23.4 Å². The molecule has 1 N–H and O–H groups in total. The van der Waals surface area contributed by atoms with Crippen molar-refractivity contribution in [2.75, 3.05) is 6.26 Å². The lowest BCUT2D eigenvalue weighted by Crippen LogP contribution is -2.48. The standard InChI is InChI=1S/C15H18ClNO2S/c1-20-12-4-5-14(16)13(8-12)15(19)17-9-2-3-10(17)7-11(18)6-9/h4-5,8-11,18H,2-3,6-7H2,1H3. The number of fused-ring (bicyclic) bond motifs is 2. The number of halogens is 1. The molecule has 3 rings (SSSR count). The Labute approximate surface area is 128 Å². The van der Waals surface area contributed by atoms with Crippen LogP contribution in [0.5, 0.6) is 0 Å². The van der Waals surface area contributed by atoms with Gasteiger partial charge in [-0.25, -0.2) is 0 Å². The third-order valence-corrected chi connectivity index (χ3v) is 5.40. The first-order valence-corrected chi connectivity index (χ1v) is 8.54. The highest BCUT2D eigenvalue weighted by molar-refractivity contribution is 7.98. The third-order valence-electron chi connectivity index (χ3n) is 4.35. The van der Waals surface area contributed by atoms with Crippen LogP contribution in [-0.2, 0) is 0 Å². The molecule has 2 aliphatic heterocycles. The van der Waals surface area contributed by atoms with Gasteiger partial charge in [-0.05, 0) is 50.1 Å². The Kier molecular flexibility index (Phi) is 3.98. The molecule has 2 fully saturated rings. The van der Waals surface area contributed by atoms with E-state index in [-0.39, 0.29) is 24.1 Å². The second-order valence-corrected chi connectivity index (χ2v) is 6.86. The predicted octanol–water partition coefficient (Wildman–Crippen LogP) is 3.19. The molecule has 0 saturated carbocycles. The van der Waals surface area contributed by atoms with Gasteiger partial charge in [-0.3, -0.25) is 4.79 Å². The van der Waals surface area contributed by atoms with Crippen molar-refractivity contribution in [2.24, 2.45) is 0 Å². The number of nitrogens with zero attached hydrogens (tertiary/aromatic N) is 1. The molecule has 2 atom stereocenters. The summed E-state index contributed by atoms with van der Waals surface area (Å²) in [7, 11) is 0. The number of aliphatic hydroxyl groups is 1. The quantitative estimate of drug-likeness (QED) is 0.853. The van der Waals surface area contributed by atoms with Crippen LogP contribution in [0.25, 0.3) is 0 Å². The molecule has 2 heterocycles. The zero-order chi connectivity index (χ0) is 14.3. The Hall–Kier alpha value is -0.710. The highest BCUT2D eigenvalue weighted by Gasteiger charge is 2.43. The van der Waals surface area contributed by atoms with Crippen molar-refractivity contribution < 1.29 is 9.90 Å². The number of thioether (sulfide) groups is 1. The smallest absolute Gasteiger partial charge is 0.255 e. The molecule has 2 unspecified atom stereocenters. The number of carbonyl (C=O) groups excluding carboxylic acids is 1. The molecular weight excluding hydrogens is 294 g/mol. The Morgan fingerprint density at radius 2 is 2.00 bits per heavy atom. The summed E-state index contributed by atoms with van der Waals surface area (Å²) in [6.07, 6.45) is 5.10. The summed E-state index contributed by atoms with van der Waals surface area (Å²) in [5.41, 5.74) is 0.590. The molecule has 0 radical (unpaired) electrons. The largest absolute Gasteiger partial charge is 0.393 e. The summed E-state index contributed by atoms with van der Waals surface area (Å²) in [5.74, 6) is 0.0188. The van der Waals surface area contributed by atoms with E-state index >= 15 is 0 Å². The van der Waals surface area contributed by atoms with Gasteiger partial charge in [0.2, 0.25) is 0 Å². The zero-order valence-electron chi connectivity index (χ0n) is 11.4. The third kappa shape index (κ3) is 2.45. The SMILES string of the molecule is CSc1ccc(Cl)c(C(=O)N2C3CCC2CC(O)C3)c1. The van der Waals surface area contributed by atoms with Crippen molar-refractivity contribution >= 4 is 29.3 Å². The number of rotatable bonds is 2. The van der Waals surface area contributed by atoms with Gasteiger partial charge < -0.3 is 10.0 Å². The molecule has 0 spiro atoms. The van der Waals surface area contributed by atoms with E-state index in [9.17, 15) is 9.90 Å². The van der Waals surface area contributed by atoms with Crippen LogP contribution < -0.4 is 0 Å². The van der Waals surface area contributed by atoms with Gasteiger partial charge in [-0.1, -0.05) is 11.6 Å².